The number of ether oxygens (including phenoxy) is 7. The van der Waals surface area contributed by atoms with E-state index in [2.05, 4.69) is 0 Å². The first-order chi connectivity index (χ1) is 22.2. The summed E-state index contributed by atoms with van der Waals surface area (Å²) < 4.78 is 35.2. The first-order valence-corrected chi connectivity index (χ1v) is 14.7. The Balaban J connectivity index is 0.000000748. The van der Waals surface area contributed by atoms with E-state index in [-0.39, 0.29) is 38.9 Å². The van der Waals surface area contributed by atoms with E-state index in [4.69, 9.17) is 53.6 Å². The number of hydrogen-bond acceptors (Lipinski definition) is 16. The standard InChI is InChI=1S/C14H24O9.C8H16O6.C6H10O4/c1-20-13-11(18)8(23-14(21-2)12(13)19)7-22-10(17)6-4-3-5-9(15)16;1-12-7-5(10)4(3-9)14-8(13-2)6(7)11;7-5(8)3-1-2-4-6(9)10/h8,11-14,18-19H,3-7H2,1-2H3,(H,15,16);4-11H,3H2,1-2H3;1-4H2,(H,7,8)(H,9,10). The molecule has 19 nitrogen and oxygen atoms in total. The number of aliphatic hydroxyl groups excluding tert-OH is 5. The molecule has 2 fully saturated rings. The van der Waals surface area contributed by atoms with Crippen LogP contribution in [0.15, 0.2) is 0 Å². The van der Waals surface area contributed by atoms with Gasteiger partial charge in [-0.2, -0.15) is 0 Å². The van der Waals surface area contributed by atoms with Crippen molar-refractivity contribution in [3.63, 3.8) is 0 Å². The Hall–Kier alpha value is -2.56. The van der Waals surface area contributed by atoms with Crippen molar-refractivity contribution < 1.29 is 93.2 Å². The maximum absolute atomic E-state index is 11.6. The summed E-state index contributed by atoms with van der Waals surface area (Å²) in [6.45, 7) is -0.570. The van der Waals surface area contributed by atoms with E-state index in [1.54, 1.807) is 0 Å². The minimum Gasteiger partial charge on any atom is -0.481 e. The number of carbonyl (C=O) groups excluding carboxylic acids is 1. The monoisotopic (exact) mass is 690 g/mol. The lowest BCUT2D eigenvalue weighted by molar-refractivity contribution is -0.298. The SMILES string of the molecule is COC1OC(CO)C(O)C(OC)C1O.COC1OC(COC(=O)CCCCC(=O)O)C(O)C(OC)C1O.O=C(O)CCCCC(=O)O. The molecule has 47 heavy (non-hydrogen) atoms. The van der Waals surface area contributed by atoms with Crippen LogP contribution in [-0.2, 0) is 52.3 Å². The lowest BCUT2D eigenvalue weighted by Crippen LogP contribution is -2.59. The van der Waals surface area contributed by atoms with Crippen molar-refractivity contribution in [2.75, 3.05) is 41.7 Å². The van der Waals surface area contributed by atoms with Crippen LogP contribution in [0.2, 0.25) is 0 Å². The van der Waals surface area contributed by atoms with Gasteiger partial charge in [0, 0.05) is 54.1 Å². The van der Waals surface area contributed by atoms with Crippen molar-refractivity contribution >= 4 is 23.9 Å². The number of aliphatic hydroxyl groups is 5. The van der Waals surface area contributed by atoms with Gasteiger partial charge in [0.15, 0.2) is 12.6 Å². The molecule has 0 bridgehead atoms. The zero-order valence-corrected chi connectivity index (χ0v) is 26.9. The van der Waals surface area contributed by atoms with Crippen molar-refractivity contribution in [2.45, 2.75) is 113 Å². The first-order valence-electron chi connectivity index (χ1n) is 14.7. The third-order valence-corrected chi connectivity index (χ3v) is 6.93. The largest absolute Gasteiger partial charge is 0.481 e. The molecule has 0 amide bonds. The predicted molar refractivity (Wildman–Crippen MR) is 155 cm³/mol. The molecule has 0 aromatic carbocycles. The van der Waals surface area contributed by atoms with Crippen LogP contribution in [0.4, 0.5) is 0 Å². The number of hydrogen-bond donors (Lipinski definition) is 8. The van der Waals surface area contributed by atoms with Crippen LogP contribution in [-0.4, -0.2) is 168 Å². The van der Waals surface area contributed by atoms with E-state index in [0.29, 0.717) is 25.7 Å². The molecule has 2 aliphatic heterocycles. The molecular formula is C28H50O19. The molecule has 8 N–H and O–H groups in total. The Morgan fingerprint density at radius 2 is 0.915 bits per heavy atom. The van der Waals surface area contributed by atoms with E-state index in [1.165, 1.54) is 28.4 Å². The summed E-state index contributed by atoms with van der Waals surface area (Å²) in [5.74, 6) is -3.16. The number of aliphatic carboxylic acids is 3. The summed E-state index contributed by atoms with van der Waals surface area (Å²) in [6, 6.07) is 0. The second kappa shape index (κ2) is 24.6. The van der Waals surface area contributed by atoms with Crippen LogP contribution in [0.3, 0.4) is 0 Å². The molecule has 0 spiro atoms. The Morgan fingerprint density at radius 3 is 1.26 bits per heavy atom. The van der Waals surface area contributed by atoms with Crippen molar-refractivity contribution in [1.29, 1.82) is 0 Å². The van der Waals surface area contributed by atoms with Gasteiger partial charge >= 0.3 is 23.9 Å². The van der Waals surface area contributed by atoms with Gasteiger partial charge in [0.25, 0.3) is 0 Å². The molecule has 276 valence electrons. The fraction of sp³-hybridized carbons (Fsp3) is 0.857. The molecule has 10 unspecified atom stereocenters. The fourth-order valence-corrected chi connectivity index (χ4v) is 4.39. The highest BCUT2D eigenvalue weighted by molar-refractivity contribution is 5.70. The Labute approximate surface area is 271 Å². The smallest absolute Gasteiger partial charge is 0.305 e. The van der Waals surface area contributed by atoms with Gasteiger partial charge in [-0.3, -0.25) is 19.2 Å². The molecule has 2 heterocycles. The second-order valence-corrected chi connectivity index (χ2v) is 10.4. The second-order valence-electron chi connectivity index (χ2n) is 10.4. The summed E-state index contributed by atoms with van der Waals surface area (Å²) in [4.78, 5) is 41.7. The van der Waals surface area contributed by atoms with E-state index in [1.807, 2.05) is 0 Å². The zero-order valence-electron chi connectivity index (χ0n) is 26.9. The molecule has 0 radical (unpaired) electrons. The zero-order chi connectivity index (χ0) is 36.1. The molecule has 2 saturated heterocycles. The van der Waals surface area contributed by atoms with Crippen LogP contribution in [0.25, 0.3) is 0 Å². The number of carboxylic acid groups (broad SMARTS) is 3. The van der Waals surface area contributed by atoms with Gasteiger partial charge < -0.3 is 74.0 Å². The molecule has 0 saturated carbocycles. The number of esters is 1. The molecule has 0 aromatic rings. The number of carbonyl (C=O) groups is 4. The van der Waals surface area contributed by atoms with E-state index in [9.17, 15) is 39.6 Å². The highest BCUT2D eigenvalue weighted by Gasteiger charge is 2.46. The molecule has 2 aliphatic rings. The topological polar surface area (TPSA) is 295 Å². The summed E-state index contributed by atoms with van der Waals surface area (Å²) in [5.41, 5.74) is 0. The summed E-state index contributed by atoms with van der Waals surface area (Å²) >= 11 is 0. The molecule has 2 rings (SSSR count). The Morgan fingerprint density at radius 1 is 0.553 bits per heavy atom. The van der Waals surface area contributed by atoms with Gasteiger partial charge in [-0.25, -0.2) is 0 Å². The number of unbranched alkanes of at least 4 members (excludes halogenated alkanes) is 2. The third-order valence-electron chi connectivity index (χ3n) is 6.93. The maximum atomic E-state index is 11.6. The van der Waals surface area contributed by atoms with Gasteiger partial charge in [-0.1, -0.05) is 0 Å². The van der Waals surface area contributed by atoms with Gasteiger partial charge in [-0.15, -0.1) is 0 Å². The predicted octanol–water partition coefficient (Wildman–Crippen LogP) is -1.91. The lowest BCUT2D eigenvalue weighted by atomic mass is 9.99. The molecule has 0 aromatic heterocycles. The number of carboxylic acids is 3. The Bertz CT molecular complexity index is 871. The van der Waals surface area contributed by atoms with Crippen molar-refractivity contribution in [3.8, 4) is 0 Å². The first kappa shape index (κ1) is 44.4. The number of rotatable bonds is 17. The van der Waals surface area contributed by atoms with Crippen LogP contribution in [0, 0.1) is 0 Å². The summed E-state index contributed by atoms with van der Waals surface area (Å²) in [7, 11) is 5.40. The van der Waals surface area contributed by atoms with Crippen molar-refractivity contribution in [1.82, 2.24) is 0 Å². The minimum absolute atomic E-state index is 0.000651. The van der Waals surface area contributed by atoms with Crippen molar-refractivity contribution in [2.24, 2.45) is 0 Å². The fourth-order valence-electron chi connectivity index (χ4n) is 4.39. The molecule has 0 aliphatic carbocycles. The highest BCUT2D eigenvalue weighted by Crippen LogP contribution is 2.25. The maximum Gasteiger partial charge on any atom is 0.305 e. The van der Waals surface area contributed by atoms with Crippen LogP contribution in [0.1, 0.15) is 51.4 Å². The van der Waals surface area contributed by atoms with E-state index >= 15 is 0 Å². The van der Waals surface area contributed by atoms with Gasteiger partial charge in [-0.05, 0) is 25.7 Å². The van der Waals surface area contributed by atoms with Crippen LogP contribution >= 0.6 is 0 Å². The highest BCUT2D eigenvalue weighted by atomic mass is 16.7. The lowest BCUT2D eigenvalue weighted by Gasteiger charge is -2.40. The molecular weight excluding hydrogens is 640 g/mol. The number of methoxy groups -OCH3 is 4. The van der Waals surface area contributed by atoms with E-state index < -0.39 is 85.3 Å². The third kappa shape index (κ3) is 16.9. The van der Waals surface area contributed by atoms with E-state index in [0.717, 1.165) is 0 Å². The average molecular weight is 691 g/mol. The normalized spacial score (nSPS) is 30.1. The Kier molecular flexibility index (Phi) is 23.2. The quantitative estimate of drug-likeness (QED) is 0.0610. The summed E-state index contributed by atoms with van der Waals surface area (Å²) in [5, 5.41) is 72.8. The van der Waals surface area contributed by atoms with Gasteiger partial charge in [0.1, 0.15) is 55.4 Å². The van der Waals surface area contributed by atoms with Crippen LogP contribution in [0.5, 0.6) is 0 Å². The minimum atomic E-state index is -1.18. The molecule has 19 heteroatoms. The average Bonchev–Trinajstić information content (AvgIpc) is 3.02. The molecule has 10 atom stereocenters. The van der Waals surface area contributed by atoms with Crippen LogP contribution < -0.4 is 0 Å². The van der Waals surface area contributed by atoms with Gasteiger partial charge in [0.2, 0.25) is 0 Å². The summed E-state index contributed by atoms with van der Waals surface area (Å²) in [6.07, 6.45) is -7.90. The van der Waals surface area contributed by atoms with Gasteiger partial charge in [0.05, 0.1) is 6.61 Å². The van der Waals surface area contributed by atoms with Crippen molar-refractivity contribution in [3.05, 3.63) is 0 Å².